The average Bonchev–Trinajstić information content (AvgIpc) is 2.38. The molecule has 2 rings (SSSR count). The minimum absolute atomic E-state index is 1.02. The Morgan fingerprint density at radius 3 is 2.47 bits per heavy atom. The summed E-state index contributed by atoms with van der Waals surface area (Å²) < 4.78 is 0. The molecule has 1 aromatic carbocycles. The topological polar surface area (TPSA) is 44.9 Å². The lowest BCUT2D eigenvalue weighted by Crippen LogP contribution is -2.44. The molecule has 0 amide bonds. The molecular weight excluding hydrogens is 236 g/mol. The summed E-state index contributed by atoms with van der Waals surface area (Å²) in [5.41, 5.74) is 5.08. The molecule has 0 unspecified atom stereocenters. The Morgan fingerprint density at radius 1 is 1.16 bits per heavy atom. The van der Waals surface area contributed by atoms with Crippen molar-refractivity contribution in [3.63, 3.8) is 0 Å². The largest absolute Gasteiger partial charge is 0.323 e. The molecule has 1 aliphatic heterocycles. The van der Waals surface area contributed by atoms with Gasteiger partial charge in [0.15, 0.2) is 0 Å². The standard InChI is InChI=1S/C15H24N4/c1-12-8-13(2)15(9-14(12)10-17-16)11-19-6-4-18(3)5-7-19/h8-10H,4-7,11,16H2,1-3H3. The minimum Gasteiger partial charge on any atom is -0.323 e. The smallest absolute Gasteiger partial charge is 0.0540 e. The number of likely N-dealkylation sites (N-methyl/N-ethyl adjacent to an activating group) is 1. The second-order valence-corrected chi connectivity index (χ2v) is 5.49. The Balaban J connectivity index is 2.13. The predicted octanol–water partition coefficient (Wildman–Crippen LogP) is 1.34. The lowest BCUT2D eigenvalue weighted by atomic mass is 10.00. The van der Waals surface area contributed by atoms with E-state index in [2.05, 4.69) is 47.9 Å². The molecule has 1 heterocycles. The quantitative estimate of drug-likeness (QED) is 0.507. The number of rotatable bonds is 3. The zero-order valence-corrected chi connectivity index (χ0v) is 12.2. The monoisotopic (exact) mass is 260 g/mol. The summed E-state index contributed by atoms with van der Waals surface area (Å²) in [6.07, 6.45) is 1.74. The minimum atomic E-state index is 1.02. The molecule has 1 aliphatic rings. The zero-order chi connectivity index (χ0) is 13.8. The third-order valence-electron chi connectivity index (χ3n) is 3.93. The molecule has 0 radical (unpaired) electrons. The Hall–Kier alpha value is -1.39. The van der Waals surface area contributed by atoms with E-state index in [1.807, 2.05) is 0 Å². The predicted molar refractivity (Wildman–Crippen MR) is 80.5 cm³/mol. The van der Waals surface area contributed by atoms with Gasteiger partial charge in [-0.3, -0.25) is 4.90 Å². The first kappa shape index (κ1) is 14.0. The fraction of sp³-hybridized carbons (Fsp3) is 0.533. The summed E-state index contributed by atoms with van der Waals surface area (Å²) in [6, 6.07) is 4.45. The first-order valence-corrected chi connectivity index (χ1v) is 6.84. The maximum atomic E-state index is 5.27. The van der Waals surface area contributed by atoms with Crippen molar-refractivity contribution in [3.05, 3.63) is 34.4 Å². The highest BCUT2D eigenvalue weighted by molar-refractivity contribution is 5.82. The van der Waals surface area contributed by atoms with E-state index in [1.165, 1.54) is 16.7 Å². The van der Waals surface area contributed by atoms with Gasteiger partial charge in [-0.1, -0.05) is 6.07 Å². The molecule has 1 saturated heterocycles. The SMILES string of the molecule is Cc1cc(C)c(CN2CCN(C)CC2)cc1C=NN. The van der Waals surface area contributed by atoms with Crippen LogP contribution in [0, 0.1) is 13.8 Å². The van der Waals surface area contributed by atoms with Crippen LogP contribution in [0.2, 0.25) is 0 Å². The zero-order valence-electron chi connectivity index (χ0n) is 12.2. The second kappa shape index (κ2) is 6.17. The highest BCUT2D eigenvalue weighted by atomic mass is 15.2. The Bertz CT molecular complexity index is 459. The number of benzene rings is 1. The van der Waals surface area contributed by atoms with Crippen LogP contribution in [0.15, 0.2) is 17.2 Å². The first-order chi connectivity index (χ1) is 9.10. The molecule has 0 aliphatic carbocycles. The molecule has 0 spiro atoms. The highest BCUT2D eigenvalue weighted by Crippen LogP contribution is 2.17. The van der Waals surface area contributed by atoms with E-state index in [9.17, 15) is 0 Å². The van der Waals surface area contributed by atoms with Crippen molar-refractivity contribution in [3.8, 4) is 0 Å². The Morgan fingerprint density at radius 2 is 1.84 bits per heavy atom. The molecule has 1 fully saturated rings. The Kier molecular flexibility index (Phi) is 4.56. The fourth-order valence-corrected chi connectivity index (χ4v) is 2.55. The van der Waals surface area contributed by atoms with Crippen molar-refractivity contribution in [2.45, 2.75) is 20.4 Å². The van der Waals surface area contributed by atoms with Crippen LogP contribution in [0.1, 0.15) is 22.3 Å². The molecule has 19 heavy (non-hydrogen) atoms. The van der Waals surface area contributed by atoms with Crippen molar-refractivity contribution in [1.82, 2.24) is 9.80 Å². The van der Waals surface area contributed by atoms with Crippen LogP contribution < -0.4 is 5.84 Å². The van der Waals surface area contributed by atoms with Gasteiger partial charge in [-0.2, -0.15) is 5.10 Å². The van der Waals surface area contributed by atoms with Crippen LogP contribution in [0.3, 0.4) is 0 Å². The van der Waals surface area contributed by atoms with Gasteiger partial charge in [0.2, 0.25) is 0 Å². The molecule has 0 aromatic heterocycles. The molecular formula is C15H24N4. The van der Waals surface area contributed by atoms with Crippen LogP contribution in [0.4, 0.5) is 0 Å². The Labute approximate surface area is 115 Å². The van der Waals surface area contributed by atoms with Crippen molar-refractivity contribution in [1.29, 1.82) is 0 Å². The summed E-state index contributed by atoms with van der Waals surface area (Å²) in [5.74, 6) is 5.27. The lowest BCUT2D eigenvalue weighted by molar-refractivity contribution is 0.148. The third kappa shape index (κ3) is 3.55. The number of aryl methyl sites for hydroxylation is 2. The van der Waals surface area contributed by atoms with Crippen LogP contribution in [-0.4, -0.2) is 49.2 Å². The summed E-state index contributed by atoms with van der Waals surface area (Å²) in [7, 11) is 2.18. The average molecular weight is 260 g/mol. The van der Waals surface area contributed by atoms with Crippen molar-refractivity contribution >= 4 is 6.21 Å². The van der Waals surface area contributed by atoms with Crippen LogP contribution in [0.25, 0.3) is 0 Å². The van der Waals surface area contributed by atoms with E-state index in [0.717, 1.165) is 38.3 Å². The van der Waals surface area contributed by atoms with Gasteiger partial charge >= 0.3 is 0 Å². The number of nitrogens with two attached hydrogens (primary N) is 1. The first-order valence-electron chi connectivity index (χ1n) is 6.84. The van der Waals surface area contributed by atoms with Gasteiger partial charge in [0.1, 0.15) is 0 Å². The molecule has 0 atom stereocenters. The van der Waals surface area contributed by atoms with E-state index in [-0.39, 0.29) is 0 Å². The summed E-state index contributed by atoms with van der Waals surface area (Å²) in [4.78, 5) is 4.89. The van der Waals surface area contributed by atoms with Gasteiger partial charge in [-0.25, -0.2) is 0 Å². The van der Waals surface area contributed by atoms with Gasteiger partial charge in [-0.05, 0) is 49.2 Å². The molecule has 0 bridgehead atoms. The van der Waals surface area contributed by atoms with Crippen LogP contribution in [0.5, 0.6) is 0 Å². The van der Waals surface area contributed by atoms with Gasteiger partial charge in [0.05, 0.1) is 6.21 Å². The molecule has 104 valence electrons. The molecule has 2 N–H and O–H groups in total. The number of hydrogen-bond acceptors (Lipinski definition) is 4. The summed E-state index contributed by atoms with van der Waals surface area (Å²) in [6.45, 7) is 9.90. The van der Waals surface area contributed by atoms with E-state index in [1.54, 1.807) is 6.21 Å². The normalized spacial score (nSPS) is 18.3. The molecule has 4 heteroatoms. The third-order valence-corrected chi connectivity index (χ3v) is 3.93. The number of piperazine rings is 1. The van der Waals surface area contributed by atoms with E-state index in [4.69, 9.17) is 5.84 Å². The highest BCUT2D eigenvalue weighted by Gasteiger charge is 2.15. The fourth-order valence-electron chi connectivity index (χ4n) is 2.55. The summed E-state index contributed by atoms with van der Waals surface area (Å²) >= 11 is 0. The molecule has 0 saturated carbocycles. The van der Waals surface area contributed by atoms with Gasteiger partial charge in [-0.15, -0.1) is 0 Å². The number of hydrogen-bond donors (Lipinski definition) is 1. The summed E-state index contributed by atoms with van der Waals surface area (Å²) in [5, 5.41) is 3.65. The van der Waals surface area contributed by atoms with Crippen LogP contribution >= 0.6 is 0 Å². The van der Waals surface area contributed by atoms with Crippen molar-refractivity contribution < 1.29 is 0 Å². The number of nitrogens with zero attached hydrogens (tertiary/aromatic N) is 3. The second-order valence-electron chi connectivity index (χ2n) is 5.49. The maximum Gasteiger partial charge on any atom is 0.0540 e. The van der Waals surface area contributed by atoms with Crippen LogP contribution in [-0.2, 0) is 6.54 Å². The van der Waals surface area contributed by atoms with E-state index in [0.29, 0.717) is 0 Å². The van der Waals surface area contributed by atoms with Gasteiger partial charge in [0.25, 0.3) is 0 Å². The molecule has 1 aromatic rings. The van der Waals surface area contributed by atoms with Crippen molar-refractivity contribution in [2.24, 2.45) is 10.9 Å². The van der Waals surface area contributed by atoms with E-state index >= 15 is 0 Å². The number of hydrazone groups is 1. The van der Waals surface area contributed by atoms with Crippen molar-refractivity contribution in [2.75, 3.05) is 33.2 Å². The lowest BCUT2D eigenvalue weighted by Gasteiger charge is -2.32. The van der Waals surface area contributed by atoms with Gasteiger partial charge in [0, 0.05) is 32.7 Å². The maximum absolute atomic E-state index is 5.27. The van der Waals surface area contributed by atoms with Gasteiger partial charge < -0.3 is 10.7 Å². The molecule has 4 nitrogen and oxygen atoms in total. The van der Waals surface area contributed by atoms with E-state index < -0.39 is 0 Å².